The molecule has 1 aliphatic carbocycles. The van der Waals surface area contributed by atoms with Crippen LogP contribution in [0, 0.1) is 5.92 Å². The summed E-state index contributed by atoms with van der Waals surface area (Å²) in [6.07, 6.45) is -14.4. The highest BCUT2D eigenvalue weighted by Crippen LogP contribution is 2.61. The van der Waals surface area contributed by atoms with Crippen molar-refractivity contribution in [3.05, 3.63) is 0 Å². The lowest BCUT2D eigenvalue weighted by Gasteiger charge is -2.44. The third kappa shape index (κ3) is 3.31. The quantitative estimate of drug-likeness (QED) is 0.183. The fourth-order valence-corrected chi connectivity index (χ4v) is 4.03. The second-order valence-corrected chi connectivity index (χ2v) is 7.22. The summed E-state index contributed by atoms with van der Waals surface area (Å²) in [7, 11) is 0. The Morgan fingerprint density at radius 3 is 1.46 bits per heavy atom. The molecule has 144 valence electrons. The first-order valence-corrected chi connectivity index (χ1v) is 7.98. The molecule has 0 radical (unpaired) electrons. The Balaban J connectivity index is 3.55. The molecule has 0 aromatic heterocycles. The molecule has 0 aromatic rings. The normalized spacial score (nSPS) is 27.5. The van der Waals surface area contributed by atoms with Gasteiger partial charge < -0.3 is 0 Å². The maximum atomic E-state index is 14.6. The molecular formula is C12H12F11I. The van der Waals surface area contributed by atoms with Gasteiger partial charge in [-0.25, -0.2) is 4.39 Å². The zero-order chi connectivity index (χ0) is 19.2. The van der Waals surface area contributed by atoms with Crippen molar-refractivity contribution in [2.75, 3.05) is 0 Å². The summed E-state index contributed by atoms with van der Waals surface area (Å²) in [4.78, 5) is 0. The molecule has 0 nitrogen and oxygen atoms in total. The van der Waals surface area contributed by atoms with Crippen molar-refractivity contribution in [3.8, 4) is 0 Å². The number of rotatable bonds is 3. The van der Waals surface area contributed by atoms with Gasteiger partial charge in [-0.15, -0.1) is 0 Å². The van der Waals surface area contributed by atoms with Gasteiger partial charge >= 0.3 is 24.2 Å². The van der Waals surface area contributed by atoms with Gasteiger partial charge in [0.05, 0.1) is 0 Å². The van der Waals surface area contributed by atoms with Crippen LogP contribution in [0.15, 0.2) is 0 Å². The molecule has 3 unspecified atom stereocenters. The van der Waals surface area contributed by atoms with Gasteiger partial charge in [0, 0.05) is 9.84 Å². The predicted molar refractivity (Wildman–Crippen MR) is 70.2 cm³/mol. The Hall–Kier alpha value is -0.0400. The van der Waals surface area contributed by atoms with Crippen LogP contribution in [0.3, 0.4) is 0 Å². The minimum Gasteiger partial charge on any atom is -0.226 e. The fraction of sp³-hybridized carbons (Fsp3) is 1.00. The van der Waals surface area contributed by atoms with Crippen LogP contribution in [0.4, 0.5) is 48.3 Å². The van der Waals surface area contributed by atoms with E-state index in [-0.39, 0.29) is 25.7 Å². The van der Waals surface area contributed by atoms with Crippen molar-refractivity contribution in [2.45, 2.75) is 65.9 Å². The van der Waals surface area contributed by atoms with Crippen molar-refractivity contribution in [1.82, 2.24) is 0 Å². The molecule has 1 rings (SSSR count). The van der Waals surface area contributed by atoms with E-state index >= 15 is 0 Å². The summed E-state index contributed by atoms with van der Waals surface area (Å²) < 4.78 is 143. The van der Waals surface area contributed by atoms with Crippen molar-refractivity contribution < 1.29 is 48.3 Å². The van der Waals surface area contributed by atoms with Crippen LogP contribution in [-0.4, -0.2) is 33.8 Å². The van der Waals surface area contributed by atoms with E-state index in [1.165, 1.54) is 22.6 Å². The average molecular weight is 492 g/mol. The molecule has 3 atom stereocenters. The molecule has 1 saturated carbocycles. The van der Waals surface area contributed by atoms with Gasteiger partial charge in [-0.05, 0) is 12.8 Å². The highest BCUT2D eigenvalue weighted by molar-refractivity contribution is 14.1. The van der Waals surface area contributed by atoms with Crippen molar-refractivity contribution >= 4 is 22.6 Å². The summed E-state index contributed by atoms with van der Waals surface area (Å²) in [5.74, 6) is -16.9. The molecule has 0 aromatic carbocycles. The van der Waals surface area contributed by atoms with E-state index in [1.54, 1.807) is 0 Å². The number of hydrogen-bond donors (Lipinski definition) is 0. The Morgan fingerprint density at radius 1 is 0.583 bits per heavy atom. The summed E-state index contributed by atoms with van der Waals surface area (Å²) >= 11 is 1.20. The monoisotopic (exact) mass is 492 g/mol. The molecule has 0 bridgehead atoms. The minimum atomic E-state index is -7.17. The first-order chi connectivity index (χ1) is 10.5. The minimum absolute atomic E-state index is 0.181. The largest absolute Gasteiger partial charge is 0.460 e. The van der Waals surface area contributed by atoms with E-state index in [0.29, 0.717) is 0 Å². The van der Waals surface area contributed by atoms with Crippen LogP contribution >= 0.6 is 22.6 Å². The van der Waals surface area contributed by atoms with Gasteiger partial charge in [-0.3, -0.25) is 0 Å². The molecule has 24 heavy (non-hydrogen) atoms. The van der Waals surface area contributed by atoms with Crippen LogP contribution in [0.2, 0.25) is 0 Å². The van der Waals surface area contributed by atoms with Crippen LogP contribution in [0.25, 0.3) is 0 Å². The molecule has 0 spiro atoms. The van der Waals surface area contributed by atoms with Gasteiger partial charge in [0.15, 0.2) is 0 Å². The zero-order valence-corrected chi connectivity index (χ0v) is 13.9. The molecule has 0 aliphatic heterocycles. The predicted octanol–water partition coefficient (Wildman–Crippen LogP) is 6.47. The maximum Gasteiger partial charge on any atom is 0.460 e. The van der Waals surface area contributed by atoms with E-state index in [9.17, 15) is 48.3 Å². The van der Waals surface area contributed by atoms with E-state index in [0.717, 1.165) is 0 Å². The van der Waals surface area contributed by atoms with Crippen LogP contribution < -0.4 is 0 Å². The van der Waals surface area contributed by atoms with Gasteiger partial charge in [-0.1, -0.05) is 41.9 Å². The van der Waals surface area contributed by atoms with E-state index < -0.39 is 46.1 Å². The smallest absolute Gasteiger partial charge is 0.226 e. The van der Waals surface area contributed by atoms with Gasteiger partial charge in [-0.2, -0.15) is 43.9 Å². The second kappa shape index (κ2) is 6.60. The highest BCUT2D eigenvalue weighted by Gasteiger charge is 2.88. The highest BCUT2D eigenvalue weighted by atomic mass is 127. The summed E-state index contributed by atoms with van der Waals surface area (Å²) in [5, 5.41) is 0. The lowest BCUT2D eigenvalue weighted by molar-refractivity contribution is -0.419. The Morgan fingerprint density at radius 2 is 1.04 bits per heavy atom. The second-order valence-electron chi connectivity index (χ2n) is 5.62. The topological polar surface area (TPSA) is 0 Å². The van der Waals surface area contributed by atoms with Gasteiger partial charge in [0.1, 0.15) is 0 Å². The number of hydrogen-bond acceptors (Lipinski definition) is 0. The average Bonchev–Trinajstić information content (AvgIpc) is 2.59. The summed E-state index contributed by atoms with van der Waals surface area (Å²) in [6.45, 7) is 0. The molecule has 0 heterocycles. The Bertz CT molecular complexity index is 441. The lowest BCUT2D eigenvalue weighted by Crippen LogP contribution is -2.70. The lowest BCUT2D eigenvalue weighted by atomic mass is 9.76. The van der Waals surface area contributed by atoms with Crippen molar-refractivity contribution in [3.63, 3.8) is 0 Å². The molecular weight excluding hydrogens is 480 g/mol. The van der Waals surface area contributed by atoms with Crippen LogP contribution in [0.1, 0.15) is 32.1 Å². The third-order valence-electron chi connectivity index (χ3n) is 4.06. The van der Waals surface area contributed by atoms with Crippen LogP contribution in [-0.2, 0) is 0 Å². The van der Waals surface area contributed by atoms with Crippen molar-refractivity contribution in [1.29, 1.82) is 0 Å². The summed E-state index contributed by atoms with van der Waals surface area (Å²) in [6, 6.07) is 0. The molecule has 0 N–H and O–H groups in total. The van der Waals surface area contributed by atoms with E-state index in [4.69, 9.17) is 0 Å². The first-order valence-electron chi connectivity index (χ1n) is 6.74. The third-order valence-corrected chi connectivity index (χ3v) is 5.55. The number of alkyl halides is 12. The van der Waals surface area contributed by atoms with E-state index in [1.807, 2.05) is 0 Å². The molecule has 0 saturated heterocycles. The zero-order valence-electron chi connectivity index (χ0n) is 11.7. The standard InChI is InChI=1S/C12H12F11I/c13-8(11(18,19)20,6-4-2-1-3-5-7(6)24)9(14,15)10(16,17)12(21,22)23/h6-7H,1-5H2. The summed E-state index contributed by atoms with van der Waals surface area (Å²) in [5.41, 5.74) is -6.00. The van der Waals surface area contributed by atoms with Gasteiger partial charge in [0.2, 0.25) is 0 Å². The maximum absolute atomic E-state index is 14.6. The SMILES string of the molecule is FC(F)(F)C(F)(F)C(F)(F)C(F)(C1CCCCCC1I)C(F)(F)F. The number of halogens is 12. The van der Waals surface area contributed by atoms with Crippen molar-refractivity contribution in [2.24, 2.45) is 5.92 Å². The van der Waals surface area contributed by atoms with Crippen LogP contribution in [0.5, 0.6) is 0 Å². The van der Waals surface area contributed by atoms with Gasteiger partial charge in [0.25, 0.3) is 5.67 Å². The Labute approximate surface area is 143 Å². The molecule has 0 amide bonds. The molecule has 1 aliphatic rings. The fourth-order valence-electron chi connectivity index (χ4n) is 2.74. The van der Waals surface area contributed by atoms with E-state index in [2.05, 4.69) is 0 Å². The molecule has 1 fully saturated rings. The first kappa shape index (κ1) is 22.0. The Kier molecular flexibility index (Phi) is 6.05. The molecule has 12 heteroatoms.